The molecule has 2 aromatic heterocycles. The summed E-state index contributed by atoms with van der Waals surface area (Å²) in [7, 11) is 0. The third-order valence-electron chi connectivity index (χ3n) is 4.86. The minimum atomic E-state index is 0.0429. The van der Waals surface area contributed by atoms with Crippen molar-refractivity contribution in [3.05, 3.63) is 28.0 Å². The van der Waals surface area contributed by atoms with Gasteiger partial charge in [-0.3, -0.25) is 14.8 Å². The molecule has 7 heteroatoms. The maximum absolute atomic E-state index is 12.3. The Morgan fingerprint density at radius 3 is 3.17 bits per heavy atom. The lowest BCUT2D eigenvalue weighted by Crippen LogP contribution is -2.39. The smallest absolute Gasteiger partial charge is 0.240 e. The van der Waals surface area contributed by atoms with Crippen molar-refractivity contribution in [2.75, 3.05) is 25.0 Å². The van der Waals surface area contributed by atoms with Crippen LogP contribution in [0.5, 0.6) is 0 Å². The first-order valence-electron chi connectivity index (χ1n) is 8.70. The van der Waals surface area contributed by atoms with E-state index >= 15 is 0 Å². The van der Waals surface area contributed by atoms with Gasteiger partial charge in [0.05, 0.1) is 17.9 Å². The summed E-state index contributed by atoms with van der Waals surface area (Å²) in [5, 5.41) is 11.2. The van der Waals surface area contributed by atoms with Gasteiger partial charge in [0.2, 0.25) is 5.91 Å². The zero-order chi connectivity index (χ0) is 16.5. The Hall–Kier alpha value is -1.73. The molecule has 0 spiro atoms. The van der Waals surface area contributed by atoms with Crippen LogP contribution in [-0.4, -0.2) is 45.6 Å². The molecule has 1 aliphatic heterocycles. The second-order valence-corrected chi connectivity index (χ2v) is 7.92. The summed E-state index contributed by atoms with van der Waals surface area (Å²) in [5.74, 6) is 0.460. The number of H-pyrrole nitrogens is 1. The number of hydrogen-bond acceptors (Lipinski definition) is 5. The number of hydrogen-bond donors (Lipinski definition) is 2. The number of nitrogens with zero attached hydrogens (tertiary/aromatic N) is 3. The number of piperidine rings is 1. The zero-order valence-corrected chi connectivity index (χ0v) is 14.8. The lowest BCUT2D eigenvalue weighted by atomic mass is 9.94. The highest BCUT2D eigenvalue weighted by molar-refractivity contribution is 7.15. The molecule has 1 aliphatic carbocycles. The second kappa shape index (κ2) is 6.64. The number of fused-ring (bicyclic) bond motifs is 1. The van der Waals surface area contributed by atoms with Gasteiger partial charge in [0.15, 0.2) is 5.13 Å². The van der Waals surface area contributed by atoms with Gasteiger partial charge in [0, 0.05) is 23.0 Å². The van der Waals surface area contributed by atoms with Crippen molar-refractivity contribution in [1.29, 1.82) is 0 Å². The van der Waals surface area contributed by atoms with Crippen LogP contribution in [0.2, 0.25) is 0 Å². The zero-order valence-electron chi connectivity index (χ0n) is 14.0. The first-order chi connectivity index (χ1) is 11.7. The Morgan fingerprint density at radius 1 is 1.46 bits per heavy atom. The number of carbonyl (C=O) groups is 1. The predicted octanol–water partition coefficient (Wildman–Crippen LogP) is 2.48. The summed E-state index contributed by atoms with van der Waals surface area (Å²) in [6.45, 7) is 4.33. The number of amides is 1. The van der Waals surface area contributed by atoms with Gasteiger partial charge in [0.1, 0.15) is 0 Å². The monoisotopic (exact) mass is 345 g/mol. The Balaban J connectivity index is 1.33. The molecule has 1 fully saturated rings. The van der Waals surface area contributed by atoms with Crippen molar-refractivity contribution in [3.63, 3.8) is 0 Å². The van der Waals surface area contributed by atoms with Crippen LogP contribution < -0.4 is 5.32 Å². The number of nitrogens with one attached hydrogen (secondary N) is 2. The molecule has 3 heterocycles. The van der Waals surface area contributed by atoms with Crippen LogP contribution in [0.3, 0.4) is 0 Å². The molecule has 128 valence electrons. The topological polar surface area (TPSA) is 73.9 Å². The summed E-state index contributed by atoms with van der Waals surface area (Å²) >= 11 is 1.64. The molecule has 6 nitrogen and oxygen atoms in total. The van der Waals surface area contributed by atoms with Crippen molar-refractivity contribution < 1.29 is 4.79 Å². The van der Waals surface area contributed by atoms with Gasteiger partial charge in [-0.05, 0) is 51.6 Å². The molecule has 24 heavy (non-hydrogen) atoms. The van der Waals surface area contributed by atoms with E-state index < -0.39 is 0 Å². The van der Waals surface area contributed by atoms with Crippen molar-refractivity contribution in [3.8, 4) is 0 Å². The number of thiazole rings is 1. The van der Waals surface area contributed by atoms with Crippen LogP contribution in [0.15, 0.2) is 6.07 Å². The van der Waals surface area contributed by atoms with E-state index in [1.165, 1.54) is 17.0 Å². The minimum absolute atomic E-state index is 0.0429. The van der Waals surface area contributed by atoms with Crippen LogP contribution in [0.25, 0.3) is 0 Å². The number of rotatable bonds is 4. The Kier molecular flexibility index (Phi) is 4.37. The van der Waals surface area contributed by atoms with Gasteiger partial charge in [-0.25, -0.2) is 4.98 Å². The SMILES string of the molecule is Cc1cc([C@@H]2CCCN(CC(=O)Nc3nc4c(s3)CCC4)C2)n[nH]1. The number of carbonyl (C=O) groups excluding carboxylic acids is 1. The molecule has 1 atom stereocenters. The summed E-state index contributed by atoms with van der Waals surface area (Å²) in [5.41, 5.74) is 3.40. The molecule has 4 rings (SSSR count). The van der Waals surface area contributed by atoms with E-state index in [2.05, 4.69) is 31.5 Å². The van der Waals surface area contributed by atoms with Crippen LogP contribution in [-0.2, 0) is 17.6 Å². The molecule has 1 saturated heterocycles. The predicted molar refractivity (Wildman–Crippen MR) is 94.5 cm³/mol. The first kappa shape index (κ1) is 15.8. The third kappa shape index (κ3) is 3.37. The maximum atomic E-state index is 12.3. The van der Waals surface area contributed by atoms with Crippen molar-refractivity contribution in [2.24, 2.45) is 0 Å². The summed E-state index contributed by atoms with van der Waals surface area (Å²) in [6.07, 6.45) is 5.61. The number of likely N-dealkylation sites (tertiary alicyclic amines) is 1. The van der Waals surface area contributed by atoms with E-state index in [4.69, 9.17) is 0 Å². The Bertz CT molecular complexity index is 716. The highest BCUT2D eigenvalue weighted by Gasteiger charge is 2.25. The quantitative estimate of drug-likeness (QED) is 0.893. The van der Waals surface area contributed by atoms with Gasteiger partial charge >= 0.3 is 0 Å². The van der Waals surface area contributed by atoms with Gasteiger partial charge < -0.3 is 5.32 Å². The lowest BCUT2D eigenvalue weighted by Gasteiger charge is -2.31. The standard InChI is InChI=1S/C17H23N5OS/c1-11-8-14(21-20-11)12-4-3-7-22(9-12)10-16(23)19-17-18-13-5-2-6-15(13)24-17/h8,12H,2-7,9-10H2,1H3,(H,20,21)(H,18,19,23)/t12-/m1/s1. The van der Waals surface area contributed by atoms with Gasteiger partial charge in [-0.15, -0.1) is 11.3 Å². The summed E-state index contributed by atoms with van der Waals surface area (Å²) in [4.78, 5) is 20.5. The average Bonchev–Trinajstić information content (AvgIpc) is 3.23. The number of aromatic nitrogens is 3. The van der Waals surface area contributed by atoms with Crippen molar-refractivity contribution in [1.82, 2.24) is 20.1 Å². The van der Waals surface area contributed by atoms with Crippen LogP contribution in [0.1, 0.15) is 47.1 Å². The van der Waals surface area contributed by atoms with Gasteiger partial charge in [-0.1, -0.05) is 0 Å². The first-order valence-corrected chi connectivity index (χ1v) is 9.52. The molecule has 0 bridgehead atoms. The lowest BCUT2D eigenvalue weighted by molar-refractivity contribution is -0.117. The second-order valence-electron chi connectivity index (χ2n) is 6.84. The van der Waals surface area contributed by atoms with E-state index in [1.807, 2.05) is 6.92 Å². The van der Waals surface area contributed by atoms with E-state index in [0.717, 1.165) is 55.3 Å². The summed E-state index contributed by atoms with van der Waals surface area (Å²) in [6, 6.07) is 2.12. The highest BCUT2D eigenvalue weighted by Crippen LogP contribution is 2.30. The fraction of sp³-hybridized carbons (Fsp3) is 0.588. The van der Waals surface area contributed by atoms with E-state index in [-0.39, 0.29) is 5.91 Å². The fourth-order valence-corrected chi connectivity index (χ4v) is 4.76. The van der Waals surface area contributed by atoms with Gasteiger partial charge in [-0.2, -0.15) is 5.10 Å². The van der Waals surface area contributed by atoms with E-state index in [1.54, 1.807) is 11.3 Å². The van der Waals surface area contributed by atoms with Gasteiger partial charge in [0.25, 0.3) is 0 Å². The fourth-order valence-electron chi connectivity index (χ4n) is 3.69. The van der Waals surface area contributed by atoms with E-state index in [0.29, 0.717) is 12.5 Å². The molecule has 0 aromatic carbocycles. The molecule has 2 aromatic rings. The van der Waals surface area contributed by atoms with Crippen molar-refractivity contribution in [2.45, 2.75) is 44.9 Å². The number of anilines is 1. The molecular weight excluding hydrogens is 322 g/mol. The van der Waals surface area contributed by atoms with Crippen molar-refractivity contribution >= 4 is 22.4 Å². The van der Waals surface area contributed by atoms with E-state index in [9.17, 15) is 4.79 Å². The minimum Gasteiger partial charge on any atom is -0.301 e. The van der Waals surface area contributed by atoms with Crippen LogP contribution >= 0.6 is 11.3 Å². The largest absolute Gasteiger partial charge is 0.301 e. The van der Waals surface area contributed by atoms with Crippen LogP contribution in [0, 0.1) is 6.92 Å². The molecule has 1 amide bonds. The average molecular weight is 345 g/mol. The number of aromatic amines is 1. The molecular formula is C17H23N5OS. The third-order valence-corrected chi connectivity index (χ3v) is 5.93. The normalized spacial score (nSPS) is 21.0. The molecule has 0 radical (unpaired) electrons. The highest BCUT2D eigenvalue weighted by atomic mass is 32.1. The maximum Gasteiger partial charge on any atom is 0.240 e. The molecule has 0 saturated carbocycles. The number of aryl methyl sites for hydroxylation is 3. The van der Waals surface area contributed by atoms with Crippen LogP contribution in [0.4, 0.5) is 5.13 Å². The Morgan fingerprint density at radius 2 is 2.38 bits per heavy atom. The molecule has 2 aliphatic rings. The Labute approximate surface area is 145 Å². The molecule has 0 unspecified atom stereocenters. The molecule has 2 N–H and O–H groups in total. The summed E-state index contributed by atoms with van der Waals surface area (Å²) < 4.78 is 0.